The van der Waals surface area contributed by atoms with Crippen LogP contribution in [0.1, 0.15) is 36.4 Å². The minimum absolute atomic E-state index is 0.278. The SMILES string of the molecule is Cn1cc(-c2ccnc(NCc3cccnc3)c2)c([C@H]2CCN(C(=O)C3CC3)C2)n1. The number of nitrogens with one attached hydrogen (secondary N) is 1. The summed E-state index contributed by atoms with van der Waals surface area (Å²) in [5.74, 6) is 1.72. The van der Waals surface area contributed by atoms with E-state index in [4.69, 9.17) is 5.10 Å². The van der Waals surface area contributed by atoms with E-state index in [0.717, 1.165) is 60.6 Å². The smallest absolute Gasteiger partial charge is 0.225 e. The van der Waals surface area contributed by atoms with E-state index in [-0.39, 0.29) is 11.8 Å². The van der Waals surface area contributed by atoms with Gasteiger partial charge >= 0.3 is 0 Å². The number of aryl methyl sites for hydroxylation is 1. The second-order valence-electron chi connectivity index (χ2n) is 8.29. The van der Waals surface area contributed by atoms with Gasteiger partial charge in [0.2, 0.25) is 5.91 Å². The number of amides is 1. The molecule has 0 spiro atoms. The van der Waals surface area contributed by atoms with Crippen LogP contribution in [0.5, 0.6) is 0 Å². The van der Waals surface area contributed by atoms with Crippen LogP contribution >= 0.6 is 0 Å². The topological polar surface area (TPSA) is 75.9 Å². The predicted octanol–water partition coefficient (Wildman–Crippen LogP) is 3.22. The first-order valence-electron chi connectivity index (χ1n) is 10.6. The van der Waals surface area contributed by atoms with Gasteiger partial charge in [-0.1, -0.05) is 6.07 Å². The van der Waals surface area contributed by atoms with Crippen LogP contribution in [0.15, 0.2) is 49.1 Å². The van der Waals surface area contributed by atoms with Gasteiger partial charge in [-0.05, 0) is 48.6 Å². The largest absolute Gasteiger partial charge is 0.366 e. The lowest BCUT2D eigenvalue weighted by molar-refractivity contribution is -0.131. The van der Waals surface area contributed by atoms with Gasteiger partial charge in [0.1, 0.15) is 5.82 Å². The Bertz CT molecular complexity index is 1040. The highest BCUT2D eigenvalue weighted by Gasteiger charge is 2.38. The summed E-state index contributed by atoms with van der Waals surface area (Å²) in [5, 5.41) is 8.15. The maximum Gasteiger partial charge on any atom is 0.225 e. The van der Waals surface area contributed by atoms with E-state index in [1.807, 2.05) is 47.2 Å². The quantitative estimate of drug-likeness (QED) is 0.685. The molecule has 5 rings (SSSR count). The molecule has 7 nitrogen and oxygen atoms in total. The molecule has 4 heterocycles. The van der Waals surface area contributed by atoms with Crippen LogP contribution in [0.2, 0.25) is 0 Å². The number of hydrogen-bond donors (Lipinski definition) is 1. The summed E-state index contributed by atoms with van der Waals surface area (Å²) in [6.07, 6.45) is 10.6. The van der Waals surface area contributed by atoms with Crippen molar-refractivity contribution in [1.82, 2.24) is 24.6 Å². The third-order valence-corrected chi connectivity index (χ3v) is 5.94. The lowest BCUT2D eigenvalue weighted by Crippen LogP contribution is -2.29. The number of carbonyl (C=O) groups is 1. The van der Waals surface area contributed by atoms with Crippen LogP contribution in [0.25, 0.3) is 11.1 Å². The monoisotopic (exact) mass is 402 g/mol. The molecule has 3 aromatic rings. The molecule has 2 fully saturated rings. The zero-order valence-corrected chi connectivity index (χ0v) is 17.2. The van der Waals surface area contributed by atoms with Crippen LogP contribution in [0.4, 0.5) is 5.82 Å². The lowest BCUT2D eigenvalue weighted by atomic mass is 9.97. The van der Waals surface area contributed by atoms with E-state index < -0.39 is 0 Å². The fourth-order valence-corrected chi connectivity index (χ4v) is 4.19. The Labute approximate surface area is 176 Å². The van der Waals surface area contributed by atoms with E-state index in [0.29, 0.717) is 12.5 Å². The summed E-state index contributed by atoms with van der Waals surface area (Å²) in [6, 6.07) is 8.07. The molecule has 0 radical (unpaired) electrons. The fraction of sp³-hybridized carbons (Fsp3) is 0.391. The zero-order chi connectivity index (χ0) is 20.5. The minimum Gasteiger partial charge on any atom is -0.366 e. The first kappa shape index (κ1) is 18.8. The minimum atomic E-state index is 0.278. The molecule has 1 amide bonds. The van der Waals surface area contributed by atoms with Crippen molar-refractivity contribution in [3.05, 3.63) is 60.3 Å². The van der Waals surface area contributed by atoms with Crippen LogP contribution in [0.3, 0.4) is 0 Å². The van der Waals surface area contributed by atoms with Gasteiger partial charge in [-0.2, -0.15) is 5.10 Å². The maximum absolute atomic E-state index is 12.5. The van der Waals surface area contributed by atoms with E-state index in [2.05, 4.69) is 27.5 Å². The predicted molar refractivity (Wildman–Crippen MR) is 115 cm³/mol. The van der Waals surface area contributed by atoms with Gasteiger partial charge in [0.05, 0.1) is 5.69 Å². The molecular weight excluding hydrogens is 376 g/mol. The fourth-order valence-electron chi connectivity index (χ4n) is 4.19. The van der Waals surface area contributed by atoms with Crippen molar-refractivity contribution in [2.45, 2.75) is 31.7 Å². The zero-order valence-electron chi connectivity index (χ0n) is 17.2. The number of pyridine rings is 2. The standard InChI is InChI=1S/C23H26N6O/c1-28-15-20(22(27-28)19-7-10-29(14-19)23(30)17-4-5-17)18-6-9-25-21(11-18)26-13-16-3-2-8-24-12-16/h2-3,6,8-9,11-12,15,17,19H,4-5,7,10,13-14H2,1H3,(H,25,26)/t19-/m0/s1. The van der Waals surface area contributed by atoms with Gasteiger partial charge in [-0.25, -0.2) is 4.98 Å². The van der Waals surface area contributed by atoms with Gasteiger partial charge in [-0.15, -0.1) is 0 Å². The summed E-state index contributed by atoms with van der Waals surface area (Å²) < 4.78 is 1.87. The molecule has 1 aliphatic heterocycles. The molecule has 1 atom stereocenters. The third-order valence-electron chi connectivity index (χ3n) is 5.94. The molecule has 1 saturated heterocycles. The first-order chi connectivity index (χ1) is 14.7. The highest BCUT2D eigenvalue weighted by Crippen LogP contribution is 2.37. The molecule has 154 valence electrons. The second kappa shape index (κ2) is 7.89. The Morgan fingerprint density at radius 3 is 2.93 bits per heavy atom. The molecule has 1 saturated carbocycles. The molecule has 0 aromatic carbocycles. The molecule has 7 heteroatoms. The van der Waals surface area contributed by atoms with E-state index >= 15 is 0 Å². The van der Waals surface area contributed by atoms with E-state index in [9.17, 15) is 4.79 Å². The number of hydrogen-bond acceptors (Lipinski definition) is 5. The van der Waals surface area contributed by atoms with Gasteiger partial charge in [0.25, 0.3) is 0 Å². The normalized spacial score (nSPS) is 18.6. The van der Waals surface area contributed by atoms with Crippen molar-refractivity contribution in [3.63, 3.8) is 0 Å². The summed E-state index contributed by atoms with van der Waals surface area (Å²) in [6.45, 7) is 2.28. The van der Waals surface area contributed by atoms with Gasteiger partial charge in [-0.3, -0.25) is 14.5 Å². The van der Waals surface area contributed by atoms with Crippen LogP contribution in [-0.2, 0) is 18.4 Å². The average molecular weight is 403 g/mol. The van der Waals surface area contributed by atoms with Crippen LogP contribution in [-0.4, -0.2) is 43.6 Å². The molecule has 1 N–H and O–H groups in total. The maximum atomic E-state index is 12.5. The Morgan fingerprint density at radius 2 is 2.13 bits per heavy atom. The van der Waals surface area contributed by atoms with Crippen molar-refractivity contribution < 1.29 is 4.79 Å². The summed E-state index contributed by atoms with van der Waals surface area (Å²) in [7, 11) is 1.96. The molecule has 3 aromatic heterocycles. The number of carbonyl (C=O) groups excluding carboxylic acids is 1. The van der Waals surface area contributed by atoms with Crippen molar-refractivity contribution in [2.24, 2.45) is 13.0 Å². The van der Waals surface area contributed by atoms with E-state index in [1.54, 1.807) is 6.20 Å². The molecule has 0 unspecified atom stereocenters. The number of likely N-dealkylation sites (tertiary alicyclic amines) is 1. The van der Waals surface area contributed by atoms with Crippen molar-refractivity contribution in [1.29, 1.82) is 0 Å². The highest BCUT2D eigenvalue weighted by molar-refractivity contribution is 5.81. The molecular formula is C23H26N6O. The van der Waals surface area contributed by atoms with Crippen molar-refractivity contribution >= 4 is 11.7 Å². The molecule has 2 aliphatic rings. The van der Waals surface area contributed by atoms with Gasteiger partial charge < -0.3 is 10.2 Å². The first-order valence-corrected chi connectivity index (χ1v) is 10.6. The van der Waals surface area contributed by atoms with Gasteiger partial charge in [0.15, 0.2) is 0 Å². The number of nitrogens with zero attached hydrogens (tertiary/aromatic N) is 5. The van der Waals surface area contributed by atoms with Crippen LogP contribution in [0, 0.1) is 5.92 Å². The third kappa shape index (κ3) is 3.92. The molecule has 1 aliphatic carbocycles. The molecule has 0 bridgehead atoms. The Kier molecular flexibility index (Phi) is 4.94. The Balaban J connectivity index is 1.34. The highest BCUT2D eigenvalue weighted by atomic mass is 16.2. The summed E-state index contributed by atoms with van der Waals surface area (Å²) in [5.41, 5.74) is 4.40. The summed E-state index contributed by atoms with van der Waals surface area (Å²) in [4.78, 5) is 23.1. The lowest BCUT2D eigenvalue weighted by Gasteiger charge is -2.16. The number of anilines is 1. The average Bonchev–Trinajstić information content (AvgIpc) is 3.38. The number of rotatable bonds is 6. The van der Waals surface area contributed by atoms with Crippen LogP contribution < -0.4 is 5.32 Å². The van der Waals surface area contributed by atoms with E-state index in [1.165, 1.54) is 0 Å². The number of aromatic nitrogens is 4. The van der Waals surface area contributed by atoms with Crippen molar-refractivity contribution in [3.8, 4) is 11.1 Å². The summed E-state index contributed by atoms with van der Waals surface area (Å²) >= 11 is 0. The Hall–Kier alpha value is -3.22. The van der Waals surface area contributed by atoms with Crippen molar-refractivity contribution in [2.75, 3.05) is 18.4 Å². The van der Waals surface area contributed by atoms with Gasteiger partial charge in [0, 0.05) is 68.9 Å². The Morgan fingerprint density at radius 1 is 1.23 bits per heavy atom. The molecule has 30 heavy (non-hydrogen) atoms. The second-order valence-corrected chi connectivity index (χ2v) is 8.29.